The zero-order valence-corrected chi connectivity index (χ0v) is 9.93. The highest BCUT2D eigenvalue weighted by Crippen LogP contribution is 2.22. The third-order valence-corrected chi connectivity index (χ3v) is 3.06. The lowest BCUT2D eigenvalue weighted by molar-refractivity contribution is -0.136. The first-order chi connectivity index (χ1) is 7.17. The Morgan fingerprint density at radius 3 is 2.73 bits per heavy atom. The van der Waals surface area contributed by atoms with E-state index >= 15 is 0 Å². The molecule has 0 spiro atoms. The molecule has 0 radical (unpaired) electrons. The summed E-state index contributed by atoms with van der Waals surface area (Å²) < 4.78 is 0. The lowest BCUT2D eigenvalue weighted by Crippen LogP contribution is -2.02. The molecule has 0 aliphatic heterocycles. The molecule has 0 heterocycles. The maximum Gasteiger partial charge on any atom is 0.307 e. The molecule has 0 amide bonds. The van der Waals surface area contributed by atoms with Crippen LogP contribution in [0.25, 0.3) is 0 Å². The highest BCUT2D eigenvalue weighted by atomic mass is 32.2. The number of carboxylic acid groups (broad SMARTS) is 1. The molecule has 1 aromatic rings. The summed E-state index contributed by atoms with van der Waals surface area (Å²) >= 11 is 1.60. The van der Waals surface area contributed by atoms with Crippen LogP contribution >= 0.6 is 11.8 Å². The van der Waals surface area contributed by atoms with Gasteiger partial charge in [0.25, 0.3) is 0 Å². The molecule has 1 rings (SSSR count). The van der Waals surface area contributed by atoms with Gasteiger partial charge in [0.05, 0.1) is 6.42 Å². The fraction of sp³-hybridized carbons (Fsp3) is 0.417. The highest BCUT2D eigenvalue weighted by molar-refractivity contribution is 7.98. The summed E-state index contributed by atoms with van der Waals surface area (Å²) in [7, 11) is 0. The fourth-order valence-electron chi connectivity index (χ4n) is 1.58. The van der Waals surface area contributed by atoms with Crippen LogP contribution in [0.15, 0.2) is 23.1 Å². The van der Waals surface area contributed by atoms with Crippen molar-refractivity contribution in [3.63, 3.8) is 0 Å². The molecule has 0 atom stereocenters. The molecule has 0 fully saturated rings. The molecule has 0 bridgehead atoms. The van der Waals surface area contributed by atoms with Gasteiger partial charge in [-0.1, -0.05) is 25.5 Å². The molecule has 2 nitrogen and oxygen atoms in total. The Morgan fingerprint density at radius 1 is 1.47 bits per heavy atom. The van der Waals surface area contributed by atoms with Gasteiger partial charge < -0.3 is 5.11 Å². The molecule has 1 aromatic carbocycles. The van der Waals surface area contributed by atoms with Crippen LogP contribution in [-0.2, 0) is 17.6 Å². The predicted molar refractivity (Wildman–Crippen MR) is 63.6 cm³/mol. The van der Waals surface area contributed by atoms with Gasteiger partial charge >= 0.3 is 5.97 Å². The van der Waals surface area contributed by atoms with Gasteiger partial charge in [0.15, 0.2) is 0 Å². The van der Waals surface area contributed by atoms with Crippen molar-refractivity contribution in [2.24, 2.45) is 0 Å². The van der Waals surface area contributed by atoms with Crippen molar-refractivity contribution in [1.29, 1.82) is 0 Å². The van der Waals surface area contributed by atoms with Gasteiger partial charge in [-0.05, 0) is 29.9 Å². The second kappa shape index (κ2) is 5.81. The van der Waals surface area contributed by atoms with Gasteiger partial charge in [-0.15, -0.1) is 11.8 Å². The van der Waals surface area contributed by atoms with Crippen molar-refractivity contribution in [3.05, 3.63) is 29.3 Å². The van der Waals surface area contributed by atoms with Gasteiger partial charge in [-0.3, -0.25) is 4.79 Å². The third-order valence-electron chi connectivity index (χ3n) is 2.23. The molecular formula is C12H16O2S. The zero-order valence-electron chi connectivity index (χ0n) is 9.12. The van der Waals surface area contributed by atoms with Gasteiger partial charge in [0.2, 0.25) is 0 Å². The number of aryl methyl sites for hydroxylation is 1. The van der Waals surface area contributed by atoms with E-state index in [-0.39, 0.29) is 6.42 Å². The number of benzene rings is 1. The quantitative estimate of drug-likeness (QED) is 0.781. The van der Waals surface area contributed by atoms with Crippen molar-refractivity contribution < 1.29 is 9.90 Å². The first-order valence-electron chi connectivity index (χ1n) is 5.05. The van der Waals surface area contributed by atoms with Crippen LogP contribution in [0.3, 0.4) is 0 Å². The van der Waals surface area contributed by atoms with Crippen molar-refractivity contribution in [2.45, 2.75) is 31.1 Å². The minimum absolute atomic E-state index is 0.119. The van der Waals surface area contributed by atoms with Crippen LogP contribution in [0.4, 0.5) is 0 Å². The normalized spacial score (nSPS) is 10.3. The van der Waals surface area contributed by atoms with Crippen molar-refractivity contribution in [1.82, 2.24) is 0 Å². The van der Waals surface area contributed by atoms with E-state index in [0.29, 0.717) is 0 Å². The van der Waals surface area contributed by atoms with Crippen molar-refractivity contribution in [3.8, 4) is 0 Å². The molecule has 1 N–H and O–H groups in total. The Balaban J connectivity index is 2.96. The maximum absolute atomic E-state index is 10.7. The molecular weight excluding hydrogens is 208 g/mol. The average molecular weight is 224 g/mol. The Labute approximate surface area is 94.7 Å². The van der Waals surface area contributed by atoms with Gasteiger partial charge in [-0.2, -0.15) is 0 Å². The van der Waals surface area contributed by atoms with E-state index < -0.39 is 5.97 Å². The number of carbonyl (C=O) groups is 1. The predicted octanol–water partition coefficient (Wildman–Crippen LogP) is 2.99. The highest BCUT2D eigenvalue weighted by Gasteiger charge is 2.07. The lowest BCUT2D eigenvalue weighted by Gasteiger charge is -2.07. The van der Waals surface area contributed by atoms with Crippen LogP contribution in [0.1, 0.15) is 24.5 Å². The summed E-state index contributed by atoms with van der Waals surface area (Å²) in [5.41, 5.74) is 2.16. The summed E-state index contributed by atoms with van der Waals surface area (Å²) in [5.74, 6) is -0.765. The summed E-state index contributed by atoms with van der Waals surface area (Å²) in [6, 6.07) is 6.12. The van der Waals surface area contributed by atoms with Crippen LogP contribution in [0, 0.1) is 0 Å². The van der Waals surface area contributed by atoms with E-state index in [0.717, 1.165) is 23.3 Å². The molecule has 15 heavy (non-hydrogen) atoms. The number of aliphatic carboxylic acids is 1. The number of thioether (sulfide) groups is 1. The Bertz CT molecular complexity index is 347. The number of rotatable bonds is 5. The van der Waals surface area contributed by atoms with Crippen LogP contribution in [-0.4, -0.2) is 17.3 Å². The first kappa shape index (κ1) is 12.1. The van der Waals surface area contributed by atoms with E-state index in [2.05, 4.69) is 13.0 Å². The van der Waals surface area contributed by atoms with Gasteiger partial charge in [0, 0.05) is 4.90 Å². The number of hydrogen-bond donors (Lipinski definition) is 1. The summed E-state index contributed by atoms with van der Waals surface area (Å²) in [4.78, 5) is 11.8. The average Bonchev–Trinajstić information content (AvgIpc) is 2.18. The molecule has 0 aliphatic rings. The SMILES string of the molecule is CCCc1ccc(SC)c(CC(=O)O)c1. The topological polar surface area (TPSA) is 37.3 Å². The van der Waals surface area contributed by atoms with E-state index in [4.69, 9.17) is 5.11 Å². The summed E-state index contributed by atoms with van der Waals surface area (Å²) in [5, 5.41) is 8.80. The second-order valence-corrected chi connectivity index (χ2v) is 4.31. The Kier molecular flexibility index (Phi) is 4.69. The molecule has 0 aliphatic carbocycles. The van der Waals surface area contributed by atoms with Crippen LogP contribution in [0.2, 0.25) is 0 Å². The Hall–Kier alpha value is -0.960. The fourth-order valence-corrected chi connectivity index (χ4v) is 2.17. The standard InChI is InChI=1S/C12H16O2S/c1-3-4-9-5-6-11(15-2)10(7-9)8-12(13)14/h5-7H,3-4,8H2,1-2H3,(H,13,14). The second-order valence-electron chi connectivity index (χ2n) is 3.47. The van der Waals surface area contributed by atoms with Crippen molar-refractivity contribution >= 4 is 17.7 Å². The Morgan fingerprint density at radius 2 is 2.20 bits per heavy atom. The van der Waals surface area contributed by atoms with E-state index in [9.17, 15) is 4.79 Å². The minimum Gasteiger partial charge on any atom is -0.481 e. The van der Waals surface area contributed by atoms with E-state index in [1.807, 2.05) is 18.4 Å². The molecule has 0 saturated heterocycles. The number of carboxylic acids is 1. The molecule has 0 aromatic heterocycles. The van der Waals surface area contributed by atoms with Crippen molar-refractivity contribution in [2.75, 3.05) is 6.26 Å². The molecule has 0 unspecified atom stereocenters. The third kappa shape index (κ3) is 3.59. The summed E-state index contributed by atoms with van der Waals surface area (Å²) in [6.07, 6.45) is 4.19. The first-order valence-corrected chi connectivity index (χ1v) is 6.27. The van der Waals surface area contributed by atoms with Gasteiger partial charge in [-0.25, -0.2) is 0 Å². The smallest absolute Gasteiger partial charge is 0.307 e. The molecule has 0 saturated carbocycles. The van der Waals surface area contributed by atoms with Crippen LogP contribution < -0.4 is 0 Å². The summed E-state index contributed by atoms with van der Waals surface area (Å²) in [6.45, 7) is 2.12. The monoisotopic (exact) mass is 224 g/mol. The van der Waals surface area contributed by atoms with Gasteiger partial charge in [0.1, 0.15) is 0 Å². The minimum atomic E-state index is -0.765. The molecule has 3 heteroatoms. The largest absolute Gasteiger partial charge is 0.481 e. The number of hydrogen-bond acceptors (Lipinski definition) is 2. The maximum atomic E-state index is 10.7. The molecule has 82 valence electrons. The zero-order chi connectivity index (χ0) is 11.3. The van der Waals surface area contributed by atoms with Crippen LogP contribution in [0.5, 0.6) is 0 Å². The van der Waals surface area contributed by atoms with E-state index in [1.54, 1.807) is 11.8 Å². The lowest BCUT2D eigenvalue weighted by atomic mass is 10.0. The van der Waals surface area contributed by atoms with E-state index in [1.165, 1.54) is 5.56 Å².